The van der Waals surface area contributed by atoms with Crippen molar-refractivity contribution >= 4 is 17.7 Å². The Hall–Kier alpha value is -3.74. The van der Waals surface area contributed by atoms with Gasteiger partial charge in [-0.15, -0.1) is 0 Å². The van der Waals surface area contributed by atoms with Crippen LogP contribution in [0.15, 0.2) is 48.5 Å². The van der Waals surface area contributed by atoms with Gasteiger partial charge in [-0.2, -0.15) is 0 Å². The molecule has 0 radical (unpaired) electrons. The number of nitrogens with one attached hydrogen (secondary N) is 2. The molecule has 2 rings (SSSR count). The van der Waals surface area contributed by atoms with Crippen molar-refractivity contribution in [3.8, 4) is 11.8 Å². The van der Waals surface area contributed by atoms with E-state index in [1.807, 2.05) is 36.2 Å². The predicted octanol–water partition coefficient (Wildman–Crippen LogP) is 1.18. The molecule has 174 valence electrons. The van der Waals surface area contributed by atoms with Crippen LogP contribution >= 0.6 is 0 Å². The molecule has 0 bridgehead atoms. The summed E-state index contributed by atoms with van der Waals surface area (Å²) in [7, 11) is 4.48. The molecule has 33 heavy (non-hydrogen) atoms. The number of carbonyl (C=O) groups is 3. The molecule has 0 heterocycles. The van der Waals surface area contributed by atoms with Crippen LogP contribution in [0.2, 0.25) is 0 Å². The van der Waals surface area contributed by atoms with E-state index in [2.05, 4.69) is 17.2 Å². The van der Waals surface area contributed by atoms with Crippen LogP contribution in [0.25, 0.3) is 0 Å². The van der Waals surface area contributed by atoms with Crippen molar-refractivity contribution in [2.24, 2.45) is 0 Å². The second-order valence-electron chi connectivity index (χ2n) is 7.36. The SMILES string of the molecule is CNC(=O)C(C(=O)NO)N(C)C(=O)c1ccc(C#Cc2ccc(CN(C)CCF)cc2)cc1. The number of rotatable bonds is 8. The summed E-state index contributed by atoms with van der Waals surface area (Å²) in [5.41, 5.74) is 4.21. The number of carbonyl (C=O) groups excluding carboxylic acids is 3. The van der Waals surface area contributed by atoms with Crippen LogP contribution < -0.4 is 10.8 Å². The third-order valence-corrected chi connectivity index (χ3v) is 4.92. The number of amides is 3. The van der Waals surface area contributed by atoms with Crippen LogP contribution in [0.4, 0.5) is 4.39 Å². The first-order valence-electron chi connectivity index (χ1n) is 10.2. The van der Waals surface area contributed by atoms with Crippen molar-refractivity contribution in [3.05, 3.63) is 70.8 Å². The maximum Gasteiger partial charge on any atom is 0.275 e. The first kappa shape index (κ1) is 25.5. The Balaban J connectivity index is 2.08. The molecule has 2 aromatic rings. The van der Waals surface area contributed by atoms with E-state index in [4.69, 9.17) is 5.21 Å². The van der Waals surface area contributed by atoms with Crippen molar-refractivity contribution in [1.82, 2.24) is 20.6 Å². The third-order valence-electron chi connectivity index (χ3n) is 4.92. The maximum absolute atomic E-state index is 12.7. The van der Waals surface area contributed by atoms with E-state index in [0.717, 1.165) is 16.0 Å². The van der Waals surface area contributed by atoms with Gasteiger partial charge in [-0.05, 0) is 49.0 Å². The molecule has 0 saturated heterocycles. The highest BCUT2D eigenvalue weighted by Gasteiger charge is 2.33. The molecule has 0 spiro atoms. The lowest BCUT2D eigenvalue weighted by Crippen LogP contribution is -2.54. The van der Waals surface area contributed by atoms with Gasteiger partial charge in [0.05, 0.1) is 0 Å². The zero-order valence-corrected chi connectivity index (χ0v) is 18.8. The van der Waals surface area contributed by atoms with Crippen LogP contribution in [0.5, 0.6) is 0 Å². The van der Waals surface area contributed by atoms with Gasteiger partial charge in [0.1, 0.15) is 6.67 Å². The highest BCUT2D eigenvalue weighted by molar-refractivity contribution is 6.08. The van der Waals surface area contributed by atoms with Gasteiger partial charge in [0.15, 0.2) is 6.04 Å². The second kappa shape index (κ2) is 12.3. The van der Waals surface area contributed by atoms with E-state index in [0.29, 0.717) is 18.7 Å². The number of benzene rings is 2. The molecule has 0 saturated carbocycles. The molecule has 3 N–H and O–H groups in total. The van der Waals surface area contributed by atoms with Gasteiger partial charge in [-0.25, -0.2) is 9.87 Å². The fraction of sp³-hybridized carbons (Fsp3) is 0.292. The number of halogens is 1. The van der Waals surface area contributed by atoms with E-state index in [9.17, 15) is 18.8 Å². The minimum absolute atomic E-state index is 0.254. The summed E-state index contributed by atoms with van der Waals surface area (Å²) in [6.45, 7) is 0.659. The molecular weight excluding hydrogens is 427 g/mol. The summed E-state index contributed by atoms with van der Waals surface area (Å²) < 4.78 is 12.4. The number of hydrogen-bond acceptors (Lipinski definition) is 5. The van der Waals surface area contributed by atoms with Crippen molar-refractivity contribution in [1.29, 1.82) is 0 Å². The number of nitrogens with zero attached hydrogens (tertiary/aromatic N) is 2. The monoisotopic (exact) mass is 454 g/mol. The summed E-state index contributed by atoms with van der Waals surface area (Å²) in [4.78, 5) is 39.3. The molecule has 1 atom stereocenters. The third kappa shape index (κ3) is 7.14. The first-order chi connectivity index (χ1) is 15.8. The van der Waals surface area contributed by atoms with Gasteiger partial charge in [0.2, 0.25) is 0 Å². The lowest BCUT2D eigenvalue weighted by molar-refractivity contribution is -0.140. The van der Waals surface area contributed by atoms with E-state index >= 15 is 0 Å². The van der Waals surface area contributed by atoms with Crippen molar-refractivity contribution < 1.29 is 24.0 Å². The molecular formula is C24H27FN4O4. The van der Waals surface area contributed by atoms with E-state index in [-0.39, 0.29) is 12.2 Å². The van der Waals surface area contributed by atoms with Gasteiger partial charge in [-0.1, -0.05) is 24.0 Å². The largest absolute Gasteiger partial charge is 0.357 e. The van der Waals surface area contributed by atoms with Crippen molar-refractivity contribution in [2.75, 3.05) is 34.4 Å². The van der Waals surface area contributed by atoms with Crippen LogP contribution in [-0.2, 0) is 16.1 Å². The molecule has 3 amide bonds. The van der Waals surface area contributed by atoms with Gasteiger partial charge in [0.25, 0.3) is 17.7 Å². The highest BCUT2D eigenvalue weighted by Crippen LogP contribution is 2.10. The summed E-state index contributed by atoms with van der Waals surface area (Å²) >= 11 is 0. The lowest BCUT2D eigenvalue weighted by Gasteiger charge is -2.25. The quantitative estimate of drug-likeness (QED) is 0.241. The predicted molar refractivity (Wildman–Crippen MR) is 121 cm³/mol. The van der Waals surface area contributed by atoms with E-state index in [1.165, 1.54) is 19.6 Å². The second-order valence-corrected chi connectivity index (χ2v) is 7.36. The Bertz CT molecular complexity index is 1010. The zero-order chi connectivity index (χ0) is 24.4. The molecule has 0 aromatic heterocycles. The van der Waals surface area contributed by atoms with Gasteiger partial charge < -0.3 is 10.2 Å². The Morgan fingerprint density at radius 2 is 1.52 bits per heavy atom. The number of alkyl halides is 1. The van der Waals surface area contributed by atoms with Crippen molar-refractivity contribution in [3.63, 3.8) is 0 Å². The van der Waals surface area contributed by atoms with E-state index < -0.39 is 23.8 Å². The smallest absolute Gasteiger partial charge is 0.275 e. The average molecular weight is 455 g/mol. The number of likely N-dealkylation sites (N-methyl/N-ethyl adjacent to an activating group) is 2. The molecule has 2 aromatic carbocycles. The van der Waals surface area contributed by atoms with Crippen molar-refractivity contribution in [2.45, 2.75) is 12.6 Å². The summed E-state index contributed by atoms with van der Waals surface area (Å²) in [5, 5.41) is 11.2. The van der Waals surface area contributed by atoms with Crippen LogP contribution in [0.1, 0.15) is 27.0 Å². The number of hydrogen-bond donors (Lipinski definition) is 3. The van der Waals surface area contributed by atoms with Gasteiger partial charge in [0, 0.05) is 43.9 Å². The Morgan fingerprint density at radius 3 is 2.00 bits per heavy atom. The number of hydroxylamine groups is 1. The van der Waals surface area contributed by atoms with Gasteiger partial charge >= 0.3 is 0 Å². The zero-order valence-electron chi connectivity index (χ0n) is 18.8. The fourth-order valence-electron chi connectivity index (χ4n) is 3.06. The summed E-state index contributed by atoms with van der Waals surface area (Å²) in [6.07, 6.45) is 0. The van der Waals surface area contributed by atoms with Gasteiger partial charge in [-0.3, -0.25) is 24.5 Å². The minimum Gasteiger partial charge on any atom is -0.357 e. The molecule has 0 aliphatic carbocycles. The fourth-order valence-corrected chi connectivity index (χ4v) is 3.06. The topological polar surface area (TPSA) is 102 Å². The molecule has 0 aliphatic heterocycles. The summed E-state index contributed by atoms with van der Waals surface area (Å²) in [5.74, 6) is 3.74. The van der Waals surface area contributed by atoms with Crippen LogP contribution in [0.3, 0.4) is 0 Å². The van der Waals surface area contributed by atoms with Crippen LogP contribution in [0, 0.1) is 11.8 Å². The Morgan fingerprint density at radius 1 is 0.970 bits per heavy atom. The van der Waals surface area contributed by atoms with E-state index in [1.54, 1.807) is 24.3 Å². The maximum atomic E-state index is 12.7. The first-order valence-corrected chi connectivity index (χ1v) is 10.2. The Labute approximate surface area is 192 Å². The average Bonchev–Trinajstić information content (AvgIpc) is 2.83. The molecule has 8 nitrogen and oxygen atoms in total. The normalized spacial score (nSPS) is 11.2. The molecule has 0 aliphatic rings. The molecule has 0 fully saturated rings. The highest BCUT2D eigenvalue weighted by atomic mass is 19.1. The lowest BCUT2D eigenvalue weighted by atomic mass is 10.1. The summed E-state index contributed by atoms with van der Waals surface area (Å²) in [6, 6.07) is 12.6. The minimum atomic E-state index is -1.52. The van der Waals surface area contributed by atoms with Crippen LogP contribution in [-0.4, -0.2) is 73.1 Å². The Kier molecular flexibility index (Phi) is 9.54. The molecule has 9 heteroatoms. The molecule has 1 unspecified atom stereocenters. The standard InChI is InChI=1S/C24H27FN4O4/c1-26-22(30)21(23(31)27-33)29(3)24(32)20-12-10-18(11-13-20)5-4-17-6-8-19(9-7-17)16-28(2)15-14-25/h6-13,21,33H,14-16H2,1-3H3,(H,26,30)(H,27,31).